The van der Waals surface area contributed by atoms with Gasteiger partial charge in [0.2, 0.25) is 0 Å². The molecule has 0 heterocycles. The van der Waals surface area contributed by atoms with Gasteiger partial charge in [-0.15, -0.1) is 0 Å². The smallest absolute Gasteiger partial charge is 0.320 e. The monoisotopic (exact) mass is 287 g/mol. The average Bonchev–Trinajstić information content (AvgIpc) is 2.32. The number of carboxylic acid groups (broad SMARTS) is 2. The van der Waals surface area contributed by atoms with Crippen molar-refractivity contribution in [1.29, 1.82) is 0 Å². The van der Waals surface area contributed by atoms with Gasteiger partial charge < -0.3 is 15.5 Å². The Kier molecular flexibility index (Phi) is 10.1. The van der Waals surface area contributed by atoms with Crippen molar-refractivity contribution in [3.8, 4) is 0 Å². The normalized spacial score (nSPS) is 14.2. The summed E-state index contributed by atoms with van der Waals surface area (Å²) in [6.07, 6.45) is 4.54. The lowest BCUT2D eigenvalue weighted by atomic mass is 9.97. The predicted molar refractivity (Wildman–Crippen MR) is 78.8 cm³/mol. The van der Waals surface area contributed by atoms with Crippen molar-refractivity contribution >= 4 is 11.9 Å². The largest absolute Gasteiger partial charge is 0.481 e. The summed E-state index contributed by atoms with van der Waals surface area (Å²) < 4.78 is 0. The molecule has 5 nitrogen and oxygen atoms in total. The van der Waals surface area contributed by atoms with E-state index in [9.17, 15) is 9.59 Å². The van der Waals surface area contributed by atoms with Crippen molar-refractivity contribution in [2.45, 2.75) is 65.3 Å². The second kappa shape index (κ2) is 10.7. The molecule has 0 aliphatic heterocycles. The van der Waals surface area contributed by atoms with Crippen LogP contribution in [0.25, 0.3) is 0 Å². The highest BCUT2D eigenvalue weighted by Crippen LogP contribution is 2.14. The number of carboxylic acids is 2. The lowest BCUT2D eigenvalue weighted by Gasteiger charge is -2.16. The minimum Gasteiger partial charge on any atom is -0.481 e. The fourth-order valence-corrected chi connectivity index (χ4v) is 2.10. The third kappa shape index (κ3) is 10.8. The molecular formula is C15H29NO4. The van der Waals surface area contributed by atoms with Gasteiger partial charge in [-0.3, -0.25) is 9.59 Å². The van der Waals surface area contributed by atoms with E-state index in [0.29, 0.717) is 12.5 Å². The van der Waals surface area contributed by atoms with Gasteiger partial charge in [0.25, 0.3) is 0 Å². The highest BCUT2D eigenvalue weighted by molar-refractivity contribution is 5.75. The van der Waals surface area contributed by atoms with Crippen molar-refractivity contribution in [3.63, 3.8) is 0 Å². The van der Waals surface area contributed by atoms with Gasteiger partial charge in [-0.05, 0) is 31.2 Å². The molecule has 0 rings (SSSR count). The first-order chi connectivity index (χ1) is 9.32. The van der Waals surface area contributed by atoms with Crippen molar-refractivity contribution in [2.75, 3.05) is 6.54 Å². The standard InChI is InChI=1S/C15H29NO4/c1-11(2)5-4-6-12(3)9-10-16-13(15(19)20)7-8-14(17)18/h11-13,16H,4-10H2,1-3H3,(H,17,18)(H,19,20). The zero-order chi connectivity index (χ0) is 15.5. The van der Waals surface area contributed by atoms with Crippen LogP contribution < -0.4 is 5.32 Å². The van der Waals surface area contributed by atoms with Crippen LogP contribution in [0.2, 0.25) is 0 Å². The van der Waals surface area contributed by atoms with Crippen LogP contribution in [0, 0.1) is 11.8 Å². The highest BCUT2D eigenvalue weighted by atomic mass is 16.4. The quantitative estimate of drug-likeness (QED) is 0.514. The molecule has 0 spiro atoms. The summed E-state index contributed by atoms with van der Waals surface area (Å²) in [5, 5.41) is 20.5. The first-order valence-electron chi connectivity index (χ1n) is 7.50. The molecule has 2 unspecified atom stereocenters. The Morgan fingerprint density at radius 3 is 2.15 bits per heavy atom. The van der Waals surface area contributed by atoms with Crippen LogP contribution in [0.5, 0.6) is 0 Å². The summed E-state index contributed by atoms with van der Waals surface area (Å²) in [5.41, 5.74) is 0. The Balaban J connectivity index is 3.81. The minimum atomic E-state index is -0.973. The molecule has 0 saturated carbocycles. The number of nitrogens with one attached hydrogen (secondary N) is 1. The molecule has 0 bridgehead atoms. The molecular weight excluding hydrogens is 258 g/mol. The van der Waals surface area contributed by atoms with Gasteiger partial charge in [0.05, 0.1) is 0 Å². The molecule has 0 aromatic rings. The predicted octanol–water partition coefficient (Wildman–Crippen LogP) is 2.75. The lowest BCUT2D eigenvalue weighted by molar-refractivity contribution is -0.140. The third-order valence-corrected chi connectivity index (χ3v) is 3.45. The molecule has 0 aromatic heterocycles. The molecule has 0 amide bonds. The zero-order valence-corrected chi connectivity index (χ0v) is 12.9. The second-order valence-electron chi connectivity index (χ2n) is 6.00. The van der Waals surface area contributed by atoms with Crippen molar-refractivity contribution in [1.82, 2.24) is 5.32 Å². The Morgan fingerprint density at radius 1 is 1.00 bits per heavy atom. The van der Waals surface area contributed by atoms with E-state index < -0.39 is 18.0 Å². The highest BCUT2D eigenvalue weighted by Gasteiger charge is 2.17. The van der Waals surface area contributed by atoms with Gasteiger partial charge >= 0.3 is 11.9 Å². The third-order valence-electron chi connectivity index (χ3n) is 3.45. The van der Waals surface area contributed by atoms with Crippen LogP contribution in [0.4, 0.5) is 0 Å². The summed E-state index contributed by atoms with van der Waals surface area (Å²) in [6, 6.07) is -0.756. The topological polar surface area (TPSA) is 86.6 Å². The Bertz CT molecular complexity index is 292. The molecule has 118 valence electrons. The fourth-order valence-electron chi connectivity index (χ4n) is 2.10. The average molecular weight is 287 g/mol. The minimum absolute atomic E-state index is 0.117. The Morgan fingerprint density at radius 2 is 1.65 bits per heavy atom. The Labute approximate surface area is 121 Å². The van der Waals surface area contributed by atoms with Gasteiger partial charge in [0.1, 0.15) is 6.04 Å². The first-order valence-corrected chi connectivity index (χ1v) is 7.50. The maximum absolute atomic E-state index is 11.0. The Hall–Kier alpha value is -1.10. The van der Waals surface area contributed by atoms with Crippen molar-refractivity contribution < 1.29 is 19.8 Å². The van der Waals surface area contributed by atoms with Gasteiger partial charge in [-0.2, -0.15) is 0 Å². The SMILES string of the molecule is CC(C)CCCC(C)CCNC(CCC(=O)O)C(=O)O. The van der Waals surface area contributed by atoms with Gasteiger partial charge in [-0.1, -0.05) is 40.0 Å². The molecule has 0 aliphatic carbocycles. The number of aliphatic carboxylic acids is 2. The molecule has 0 radical (unpaired) electrons. The molecule has 2 atom stereocenters. The number of hydrogen-bond acceptors (Lipinski definition) is 3. The molecule has 3 N–H and O–H groups in total. The van der Waals surface area contributed by atoms with Crippen LogP contribution >= 0.6 is 0 Å². The lowest BCUT2D eigenvalue weighted by Crippen LogP contribution is -2.38. The van der Waals surface area contributed by atoms with Gasteiger partial charge in [0, 0.05) is 6.42 Å². The maximum Gasteiger partial charge on any atom is 0.320 e. The molecule has 0 aromatic carbocycles. The second-order valence-corrected chi connectivity index (χ2v) is 6.00. The number of rotatable bonds is 12. The molecule has 0 fully saturated rings. The number of carbonyl (C=O) groups is 2. The van der Waals surface area contributed by atoms with Crippen LogP contribution in [-0.2, 0) is 9.59 Å². The van der Waals surface area contributed by atoms with Gasteiger partial charge in [0.15, 0.2) is 0 Å². The summed E-state index contributed by atoms with van der Waals surface area (Å²) in [6.45, 7) is 7.23. The maximum atomic E-state index is 11.0. The van der Waals surface area contributed by atoms with E-state index in [0.717, 1.165) is 18.8 Å². The van der Waals surface area contributed by atoms with Crippen LogP contribution in [0.3, 0.4) is 0 Å². The van der Waals surface area contributed by atoms with E-state index in [2.05, 4.69) is 26.1 Å². The summed E-state index contributed by atoms with van der Waals surface area (Å²) in [5.74, 6) is -0.637. The van der Waals surface area contributed by atoms with E-state index in [1.165, 1.54) is 12.8 Å². The number of hydrogen-bond donors (Lipinski definition) is 3. The van der Waals surface area contributed by atoms with Crippen LogP contribution in [0.15, 0.2) is 0 Å². The van der Waals surface area contributed by atoms with E-state index >= 15 is 0 Å². The first kappa shape index (κ1) is 18.9. The molecule has 5 heteroatoms. The van der Waals surface area contributed by atoms with E-state index in [-0.39, 0.29) is 12.8 Å². The van der Waals surface area contributed by atoms with Crippen molar-refractivity contribution in [2.24, 2.45) is 11.8 Å². The van der Waals surface area contributed by atoms with Crippen molar-refractivity contribution in [3.05, 3.63) is 0 Å². The summed E-state index contributed by atoms with van der Waals surface area (Å²) in [4.78, 5) is 21.4. The zero-order valence-electron chi connectivity index (χ0n) is 12.9. The van der Waals surface area contributed by atoms with E-state index in [4.69, 9.17) is 10.2 Å². The molecule has 0 saturated heterocycles. The van der Waals surface area contributed by atoms with E-state index in [1.807, 2.05) is 0 Å². The van der Waals surface area contributed by atoms with E-state index in [1.54, 1.807) is 0 Å². The van der Waals surface area contributed by atoms with Crippen LogP contribution in [-0.4, -0.2) is 34.7 Å². The summed E-state index contributed by atoms with van der Waals surface area (Å²) >= 11 is 0. The molecule has 20 heavy (non-hydrogen) atoms. The fraction of sp³-hybridized carbons (Fsp3) is 0.867. The van der Waals surface area contributed by atoms with Crippen LogP contribution in [0.1, 0.15) is 59.3 Å². The van der Waals surface area contributed by atoms with Gasteiger partial charge in [-0.25, -0.2) is 0 Å². The molecule has 0 aliphatic rings. The summed E-state index contributed by atoms with van der Waals surface area (Å²) in [7, 11) is 0.